The molecule has 0 radical (unpaired) electrons. The van der Waals surface area contributed by atoms with E-state index in [0.717, 1.165) is 64.5 Å². The number of ether oxygens (including phenoxy) is 2. The van der Waals surface area contributed by atoms with Crippen molar-refractivity contribution in [2.24, 2.45) is 11.3 Å². The van der Waals surface area contributed by atoms with Crippen molar-refractivity contribution >= 4 is 11.6 Å². The maximum absolute atomic E-state index is 5.99. The molecule has 1 saturated carbocycles. The third kappa shape index (κ3) is 4.51. The normalized spacial score (nSPS) is 33.1. The predicted molar refractivity (Wildman–Crippen MR) is 106 cm³/mol. The molecule has 0 N–H and O–H groups in total. The Morgan fingerprint density at radius 2 is 2.11 bits per heavy atom. The molecular formula is C20H33ClN4O2. The summed E-state index contributed by atoms with van der Waals surface area (Å²) < 4.78 is 13.2. The summed E-state index contributed by atoms with van der Waals surface area (Å²) in [6.07, 6.45) is 8.80. The van der Waals surface area contributed by atoms with Crippen LogP contribution in [-0.4, -0.2) is 85.3 Å². The Labute approximate surface area is 167 Å². The van der Waals surface area contributed by atoms with Crippen LogP contribution in [0.3, 0.4) is 0 Å². The van der Waals surface area contributed by atoms with E-state index in [4.69, 9.17) is 21.1 Å². The zero-order valence-electron chi connectivity index (χ0n) is 16.5. The third-order valence-corrected chi connectivity index (χ3v) is 7.17. The van der Waals surface area contributed by atoms with Gasteiger partial charge in [-0.15, -0.1) is 0 Å². The number of nitrogens with zero attached hydrogens (tertiary/aromatic N) is 4. The van der Waals surface area contributed by atoms with Crippen LogP contribution in [-0.2, 0) is 16.0 Å². The van der Waals surface area contributed by atoms with E-state index in [1.807, 2.05) is 18.0 Å². The van der Waals surface area contributed by atoms with Gasteiger partial charge in [0.1, 0.15) is 0 Å². The second-order valence-corrected chi connectivity index (χ2v) is 8.99. The van der Waals surface area contributed by atoms with Gasteiger partial charge in [-0.2, -0.15) is 5.10 Å². The SMILES string of the molecule is COC[C@@]12CC[C@@H](N3CCOCC3)C[C@H]1CCN(CCn1cc(Cl)cn1)C2. The number of hydrogen-bond donors (Lipinski definition) is 0. The quantitative estimate of drug-likeness (QED) is 0.738. The van der Waals surface area contributed by atoms with E-state index in [9.17, 15) is 0 Å². The molecule has 4 rings (SSSR count). The first-order chi connectivity index (χ1) is 13.2. The molecule has 3 atom stereocenters. The van der Waals surface area contributed by atoms with Crippen LogP contribution in [0.15, 0.2) is 12.4 Å². The summed E-state index contributed by atoms with van der Waals surface area (Å²) in [6, 6.07) is 0.738. The van der Waals surface area contributed by atoms with Gasteiger partial charge in [-0.05, 0) is 38.1 Å². The second kappa shape index (κ2) is 8.78. The summed E-state index contributed by atoms with van der Waals surface area (Å²) in [6.45, 7) is 9.15. The molecule has 2 saturated heterocycles. The van der Waals surface area contributed by atoms with E-state index < -0.39 is 0 Å². The fourth-order valence-electron chi connectivity index (χ4n) is 5.54. The summed E-state index contributed by atoms with van der Waals surface area (Å²) in [5.41, 5.74) is 0.317. The number of halogens is 1. The van der Waals surface area contributed by atoms with Gasteiger partial charge in [-0.3, -0.25) is 9.58 Å². The highest BCUT2D eigenvalue weighted by atomic mass is 35.5. The van der Waals surface area contributed by atoms with Gasteiger partial charge in [-0.25, -0.2) is 0 Å². The van der Waals surface area contributed by atoms with Crippen LogP contribution in [0.4, 0.5) is 0 Å². The van der Waals surface area contributed by atoms with Crippen molar-refractivity contribution in [3.05, 3.63) is 17.4 Å². The number of morpholine rings is 1. The van der Waals surface area contributed by atoms with Crippen molar-refractivity contribution in [2.75, 3.05) is 59.7 Å². The van der Waals surface area contributed by atoms with Crippen molar-refractivity contribution in [3.8, 4) is 0 Å². The van der Waals surface area contributed by atoms with Crippen LogP contribution < -0.4 is 0 Å². The summed E-state index contributed by atoms with van der Waals surface area (Å²) >= 11 is 5.99. The van der Waals surface area contributed by atoms with Gasteiger partial charge in [-0.1, -0.05) is 11.6 Å². The van der Waals surface area contributed by atoms with Crippen LogP contribution in [0.1, 0.15) is 25.7 Å². The first-order valence-corrected chi connectivity index (χ1v) is 10.8. The number of hydrogen-bond acceptors (Lipinski definition) is 5. The average molecular weight is 397 g/mol. The van der Waals surface area contributed by atoms with E-state index in [-0.39, 0.29) is 0 Å². The molecule has 1 aromatic rings. The molecule has 3 aliphatic rings. The molecule has 0 spiro atoms. The van der Waals surface area contributed by atoms with E-state index in [0.29, 0.717) is 10.4 Å². The van der Waals surface area contributed by atoms with Crippen LogP contribution in [0, 0.1) is 11.3 Å². The summed E-state index contributed by atoms with van der Waals surface area (Å²) in [7, 11) is 1.87. The minimum atomic E-state index is 0.317. The van der Waals surface area contributed by atoms with Gasteiger partial charge in [0.15, 0.2) is 0 Å². The lowest BCUT2D eigenvalue weighted by Gasteiger charge is -2.54. The molecule has 7 heteroatoms. The van der Waals surface area contributed by atoms with Crippen molar-refractivity contribution in [3.63, 3.8) is 0 Å². The maximum atomic E-state index is 5.99. The molecule has 1 aliphatic carbocycles. The highest BCUT2D eigenvalue weighted by Crippen LogP contribution is 2.47. The van der Waals surface area contributed by atoms with Crippen molar-refractivity contribution in [1.82, 2.24) is 19.6 Å². The molecule has 3 heterocycles. The number of fused-ring (bicyclic) bond motifs is 1. The molecule has 2 aliphatic heterocycles. The Kier molecular flexibility index (Phi) is 6.39. The predicted octanol–water partition coefficient (Wildman–Crippen LogP) is 2.38. The maximum Gasteiger partial charge on any atom is 0.0785 e. The first-order valence-electron chi connectivity index (χ1n) is 10.4. The average Bonchev–Trinajstić information content (AvgIpc) is 3.12. The molecule has 152 valence electrons. The van der Waals surface area contributed by atoms with Crippen molar-refractivity contribution < 1.29 is 9.47 Å². The van der Waals surface area contributed by atoms with Crippen molar-refractivity contribution in [2.45, 2.75) is 38.3 Å². The first kappa shape index (κ1) is 19.6. The molecule has 6 nitrogen and oxygen atoms in total. The lowest BCUT2D eigenvalue weighted by atomic mass is 9.62. The Hall–Kier alpha value is -0.660. The van der Waals surface area contributed by atoms with E-state index >= 15 is 0 Å². The van der Waals surface area contributed by atoms with E-state index in [2.05, 4.69) is 14.9 Å². The van der Waals surface area contributed by atoms with Crippen LogP contribution in [0.5, 0.6) is 0 Å². The number of likely N-dealkylation sites (tertiary alicyclic amines) is 1. The molecular weight excluding hydrogens is 364 g/mol. The molecule has 0 bridgehead atoms. The number of methoxy groups -OCH3 is 1. The minimum absolute atomic E-state index is 0.317. The van der Waals surface area contributed by atoms with Gasteiger partial charge < -0.3 is 14.4 Å². The Morgan fingerprint density at radius 1 is 1.26 bits per heavy atom. The minimum Gasteiger partial charge on any atom is -0.384 e. The zero-order chi connectivity index (χ0) is 18.7. The number of aromatic nitrogens is 2. The van der Waals surface area contributed by atoms with Crippen LogP contribution >= 0.6 is 11.6 Å². The molecule has 3 fully saturated rings. The fourth-order valence-corrected chi connectivity index (χ4v) is 5.70. The zero-order valence-corrected chi connectivity index (χ0v) is 17.2. The monoisotopic (exact) mass is 396 g/mol. The summed E-state index contributed by atoms with van der Waals surface area (Å²) in [5.74, 6) is 0.773. The van der Waals surface area contributed by atoms with E-state index in [1.165, 1.54) is 32.2 Å². The topological polar surface area (TPSA) is 42.8 Å². The fraction of sp³-hybridized carbons (Fsp3) is 0.850. The molecule has 0 unspecified atom stereocenters. The Morgan fingerprint density at radius 3 is 2.85 bits per heavy atom. The standard InChI is InChI=1S/C20H33ClN4O2/c1-26-16-20-4-2-19(24-8-10-27-11-9-24)12-17(20)3-5-23(15-20)6-7-25-14-18(21)13-22-25/h13-14,17,19H,2-12,15-16H2,1H3/t17-,19-,20+/m1/s1. The lowest BCUT2D eigenvalue weighted by Crippen LogP contribution is -2.57. The number of rotatable bonds is 6. The third-order valence-electron chi connectivity index (χ3n) is 6.97. The molecule has 1 aromatic heterocycles. The highest BCUT2D eigenvalue weighted by molar-refractivity contribution is 6.30. The summed E-state index contributed by atoms with van der Waals surface area (Å²) in [4.78, 5) is 5.29. The number of piperidine rings is 1. The lowest BCUT2D eigenvalue weighted by molar-refractivity contribution is -0.0859. The Bertz CT molecular complexity index is 607. The van der Waals surface area contributed by atoms with Gasteiger partial charge >= 0.3 is 0 Å². The van der Waals surface area contributed by atoms with Gasteiger partial charge in [0, 0.05) is 50.9 Å². The molecule has 0 aromatic carbocycles. The smallest absolute Gasteiger partial charge is 0.0785 e. The van der Waals surface area contributed by atoms with Crippen molar-refractivity contribution in [1.29, 1.82) is 0 Å². The largest absolute Gasteiger partial charge is 0.384 e. The van der Waals surface area contributed by atoms with E-state index in [1.54, 1.807) is 6.20 Å². The molecule has 0 amide bonds. The highest BCUT2D eigenvalue weighted by Gasteiger charge is 2.47. The van der Waals surface area contributed by atoms with Crippen LogP contribution in [0.25, 0.3) is 0 Å². The van der Waals surface area contributed by atoms with Gasteiger partial charge in [0.25, 0.3) is 0 Å². The molecule has 27 heavy (non-hydrogen) atoms. The second-order valence-electron chi connectivity index (χ2n) is 8.56. The summed E-state index contributed by atoms with van der Waals surface area (Å²) in [5, 5.41) is 5.03. The van der Waals surface area contributed by atoms with Gasteiger partial charge in [0.2, 0.25) is 0 Å². The van der Waals surface area contributed by atoms with Gasteiger partial charge in [0.05, 0.1) is 37.6 Å². The van der Waals surface area contributed by atoms with Crippen LogP contribution in [0.2, 0.25) is 5.02 Å². The Balaban J connectivity index is 1.36.